The van der Waals surface area contributed by atoms with Gasteiger partial charge in [0.25, 0.3) is 5.91 Å². The number of benzene rings is 2. The number of amides is 1. The summed E-state index contributed by atoms with van der Waals surface area (Å²) < 4.78 is 13.2. The van der Waals surface area contributed by atoms with Gasteiger partial charge in [0, 0.05) is 30.4 Å². The van der Waals surface area contributed by atoms with Gasteiger partial charge in [-0.15, -0.1) is 0 Å². The van der Waals surface area contributed by atoms with Crippen molar-refractivity contribution >= 4 is 22.5 Å². The number of hydrogen-bond acceptors (Lipinski definition) is 4. The van der Waals surface area contributed by atoms with Gasteiger partial charge in [-0.2, -0.15) is 0 Å². The summed E-state index contributed by atoms with van der Waals surface area (Å²) in [4.78, 5) is 18.6. The number of carbonyl (C=O) groups excluding carboxylic acids is 1. The van der Waals surface area contributed by atoms with Crippen LogP contribution in [0.15, 0.2) is 60.8 Å². The molecule has 0 saturated carbocycles. The molecule has 33 heavy (non-hydrogen) atoms. The van der Waals surface area contributed by atoms with Crippen LogP contribution in [0.2, 0.25) is 0 Å². The third-order valence-electron chi connectivity index (χ3n) is 7.07. The van der Waals surface area contributed by atoms with Crippen LogP contribution in [0.25, 0.3) is 16.6 Å². The van der Waals surface area contributed by atoms with Gasteiger partial charge in [0.05, 0.1) is 36.6 Å². The van der Waals surface area contributed by atoms with Crippen LogP contribution in [0.4, 0.5) is 5.69 Å². The van der Waals surface area contributed by atoms with Crippen LogP contribution >= 0.6 is 0 Å². The number of methoxy groups -OCH3 is 2. The fourth-order valence-electron chi connectivity index (χ4n) is 5.37. The van der Waals surface area contributed by atoms with E-state index in [0.717, 1.165) is 29.4 Å². The molecule has 6 rings (SSSR count). The van der Waals surface area contributed by atoms with Gasteiger partial charge in [0.15, 0.2) is 0 Å². The zero-order valence-corrected chi connectivity index (χ0v) is 18.7. The number of hydrogen-bond donors (Lipinski definition) is 2. The molecule has 0 atom stereocenters. The van der Waals surface area contributed by atoms with Crippen LogP contribution in [0.5, 0.6) is 11.5 Å². The average molecular weight is 443 g/mol. The van der Waals surface area contributed by atoms with E-state index in [1.807, 2.05) is 23.1 Å². The van der Waals surface area contributed by atoms with Gasteiger partial charge in [-0.3, -0.25) is 4.79 Å². The lowest BCUT2D eigenvalue weighted by atomic mass is 9.82. The summed E-state index contributed by atoms with van der Waals surface area (Å²) in [5, 5.41) is 4.65. The molecule has 4 aromatic rings. The van der Waals surface area contributed by atoms with E-state index in [1.54, 1.807) is 14.2 Å². The average Bonchev–Trinajstić information content (AvgIpc) is 3.52. The van der Waals surface area contributed by atoms with Crippen LogP contribution in [0, 0.1) is 0 Å². The minimum Gasteiger partial charge on any atom is -0.496 e. The van der Waals surface area contributed by atoms with Crippen molar-refractivity contribution in [1.82, 2.24) is 14.5 Å². The van der Waals surface area contributed by atoms with Crippen molar-refractivity contribution < 1.29 is 14.3 Å². The first-order chi connectivity index (χ1) is 16.1. The molecule has 2 N–H and O–H groups in total. The molecule has 1 amide bonds. The van der Waals surface area contributed by atoms with Crippen LogP contribution < -0.4 is 14.8 Å². The predicted octanol–water partition coefficient (Wildman–Crippen LogP) is 4.53. The molecule has 0 bridgehead atoms. The topological polar surface area (TPSA) is 71.5 Å². The van der Waals surface area contributed by atoms with Gasteiger partial charge in [0.2, 0.25) is 0 Å². The maximum atomic E-state index is 13.4. The summed E-state index contributed by atoms with van der Waals surface area (Å²) in [5.41, 5.74) is 4.71. The Bertz CT molecular complexity index is 1320. The number of ether oxygens (including phenoxy) is 2. The largest absolute Gasteiger partial charge is 0.496 e. The van der Waals surface area contributed by atoms with E-state index >= 15 is 0 Å². The van der Waals surface area contributed by atoms with Crippen LogP contribution in [0.3, 0.4) is 0 Å². The molecule has 1 saturated heterocycles. The summed E-state index contributed by atoms with van der Waals surface area (Å²) in [5.74, 6) is 1.40. The highest BCUT2D eigenvalue weighted by atomic mass is 16.5. The number of H-pyrrole nitrogens is 1. The van der Waals surface area contributed by atoms with Crippen molar-refractivity contribution in [3.05, 3.63) is 72.2 Å². The number of fused-ring (bicyclic) bond motifs is 5. The highest BCUT2D eigenvalue weighted by molar-refractivity contribution is 6.01. The van der Waals surface area contributed by atoms with E-state index in [4.69, 9.17) is 9.47 Å². The molecule has 2 aliphatic rings. The lowest BCUT2D eigenvalue weighted by Gasteiger charge is -2.46. The Labute approximate surface area is 191 Å². The monoisotopic (exact) mass is 442 g/mol. The Morgan fingerprint density at radius 1 is 0.970 bits per heavy atom. The number of nitrogens with one attached hydrogen (secondary N) is 2. The lowest BCUT2D eigenvalue weighted by molar-refractivity contribution is 0.0671. The maximum Gasteiger partial charge on any atom is 0.270 e. The maximum absolute atomic E-state index is 13.4. The first kappa shape index (κ1) is 19.8. The molecule has 4 heterocycles. The van der Waals surface area contributed by atoms with E-state index in [1.165, 1.54) is 11.4 Å². The van der Waals surface area contributed by atoms with Crippen LogP contribution in [0.1, 0.15) is 29.0 Å². The fraction of sp³-hybridized carbons (Fsp3) is 0.269. The Morgan fingerprint density at radius 2 is 1.73 bits per heavy atom. The van der Waals surface area contributed by atoms with Gasteiger partial charge in [-0.1, -0.05) is 12.1 Å². The Kier molecular flexibility index (Phi) is 4.40. The standard InChI is InChI=1S/C26H26N4O3/c1-32-21-9-10-22(33-2)24-17(21)16-19(27-24)25(31)29-14-11-26(12-15-29)23-8-5-13-30(23)20-7-4-3-6-18(20)28-26/h3-10,13,16,27-28H,11-12,14-15H2,1-2H3. The summed E-state index contributed by atoms with van der Waals surface area (Å²) in [7, 11) is 3.25. The zero-order chi connectivity index (χ0) is 22.6. The number of anilines is 1. The van der Waals surface area contributed by atoms with Crippen molar-refractivity contribution in [2.45, 2.75) is 18.4 Å². The number of para-hydroxylation sites is 2. The Balaban J connectivity index is 1.27. The number of piperidine rings is 1. The first-order valence-electron chi connectivity index (χ1n) is 11.2. The third-order valence-corrected chi connectivity index (χ3v) is 7.07. The van der Waals surface area contributed by atoms with E-state index < -0.39 is 0 Å². The molecule has 7 nitrogen and oxygen atoms in total. The van der Waals surface area contributed by atoms with Gasteiger partial charge < -0.3 is 29.2 Å². The second-order valence-corrected chi connectivity index (χ2v) is 8.72. The highest BCUT2D eigenvalue weighted by Gasteiger charge is 2.42. The minimum absolute atomic E-state index is 0.00301. The molecule has 0 unspecified atom stereocenters. The molecule has 168 valence electrons. The first-order valence-corrected chi connectivity index (χ1v) is 11.2. The Morgan fingerprint density at radius 3 is 2.52 bits per heavy atom. The molecule has 1 fully saturated rings. The summed E-state index contributed by atoms with van der Waals surface area (Å²) in [6, 6.07) is 18.2. The van der Waals surface area contributed by atoms with Gasteiger partial charge >= 0.3 is 0 Å². The molecule has 0 aliphatic carbocycles. The number of likely N-dealkylation sites (tertiary alicyclic amines) is 1. The second-order valence-electron chi connectivity index (χ2n) is 8.72. The van der Waals surface area contributed by atoms with Gasteiger partial charge in [0.1, 0.15) is 17.2 Å². The summed E-state index contributed by atoms with van der Waals surface area (Å²) in [6.45, 7) is 1.34. The molecule has 0 radical (unpaired) electrons. The lowest BCUT2D eigenvalue weighted by Crippen LogP contribution is -2.51. The summed E-state index contributed by atoms with van der Waals surface area (Å²) in [6.07, 6.45) is 3.80. The number of nitrogens with zero attached hydrogens (tertiary/aromatic N) is 2. The van der Waals surface area contributed by atoms with Gasteiger partial charge in [-0.05, 0) is 55.3 Å². The quantitative estimate of drug-likeness (QED) is 0.489. The van der Waals surface area contributed by atoms with Crippen molar-refractivity contribution in [3.63, 3.8) is 0 Å². The van der Waals surface area contributed by atoms with E-state index in [2.05, 4.69) is 57.5 Å². The summed E-state index contributed by atoms with van der Waals surface area (Å²) >= 11 is 0. The smallest absolute Gasteiger partial charge is 0.270 e. The van der Waals surface area contributed by atoms with Crippen molar-refractivity contribution in [2.75, 3.05) is 32.6 Å². The number of aromatic nitrogens is 2. The number of rotatable bonds is 3. The van der Waals surface area contributed by atoms with Crippen molar-refractivity contribution in [1.29, 1.82) is 0 Å². The van der Waals surface area contributed by atoms with E-state index in [0.29, 0.717) is 30.3 Å². The predicted molar refractivity (Wildman–Crippen MR) is 128 cm³/mol. The SMILES string of the molecule is COc1ccc(OC)c2[nH]c(C(=O)N3CCC4(CC3)Nc3ccccc3-n3cccc34)cc12. The van der Waals surface area contributed by atoms with Crippen LogP contribution in [-0.2, 0) is 5.54 Å². The highest BCUT2D eigenvalue weighted by Crippen LogP contribution is 2.43. The Hall–Kier alpha value is -3.87. The second kappa shape index (κ2) is 7.33. The van der Waals surface area contributed by atoms with Crippen LogP contribution in [-0.4, -0.2) is 47.7 Å². The molecular formula is C26H26N4O3. The minimum atomic E-state index is -0.179. The zero-order valence-electron chi connectivity index (χ0n) is 18.7. The molecule has 7 heteroatoms. The van der Waals surface area contributed by atoms with E-state index in [9.17, 15) is 4.79 Å². The molecule has 2 aromatic carbocycles. The normalized spacial score (nSPS) is 16.2. The fourth-order valence-corrected chi connectivity index (χ4v) is 5.37. The molecule has 1 spiro atoms. The molecule has 2 aliphatic heterocycles. The van der Waals surface area contributed by atoms with E-state index in [-0.39, 0.29) is 11.4 Å². The third kappa shape index (κ3) is 2.92. The van der Waals surface area contributed by atoms with Crippen molar-refractivity contribution in [3.8, 4) is 17.2 Å². The van der Waals surface area contributed by atoms with Crippen molar-refractivity contribution in [2.24, 2.45) is 0 Å². The van der Waals surface area contributed by atoms with Gasteiger partial charge in [-0.25, -0.2) is 0 Å². The molecular weight excluding hydrogens is 416 g/mol. The number of carbonyl (C=O) groups is 1. The molecule has 2 aromatic heterocycles. The number of aromatic amines is 1.